The molecule has 38 heavy (non-hydrogen) atoms. The normalized spacial score (nSPS) is 36.3. The van der Waals surface area contributed by atoms with Crippen LogP contribution in [0.4, 0.5) is 5.82 Å². The maximum Gasteiger partial charge on any atom is 0.351 e. The van der Waals surface area contributed by atoms with Crippen molar-refractivity contribution in [3.63, 3.8) is 0 Å². The number of nitrogens with zero attached hydrogens (tertiary/aromatic N) is 2. The topological polar surface area (TPSA) is 268 Å². The molecule has 0 radical (unpaired) electrons. The molecule has 17 nitrogen and oxygen atoms in total. The number of carbonyl (C=O) groups is 2. The van der Waals surface area contributed by atoms with Crippen LogP contribution in [-0.2, 0) is 23.8 Å². The van der Waals surface area contributed by atoms with E-state index in [1.165, 1.54) is 6.07 Å². The van der Waals surface area contributed by atoms with Gasteiger partial charge in [0.2, 0.25) is 11.8 Å². The summed E-state index contributed by atoms with van der Waals surface area (Å²) in [6, 6.07) is -1.48. The number of ether oxygens (including phenoxy) is 3. The van der Waals surface area contributed by atoms with Gasteiger partial charge in [-0.25, -0.2) is 4.79 Å². The number of amides is 2. The third kappa shape index (κ3) is 6.28. The number of hydrogen-bond donors (Lipinski definition) is 9. The van der Waals surface area contributed by atoms with E-state index in [1.807, 2.05) is 0 Å². The molecule has 1 aromatic rings. The first-order chi connectivity index (χ1) is 17.9. The number of aromatic nitrogens is 2. The van der Waals surface area contributed by atoms with Gasteiger partial charge in [0.1, 0.15) is 48.5 Å². The van der Waals surface area contributed by atoms with E-state index in [0.29, 0.717) is 0 Å². The molecule has 0 aromatic carbocycles. The van der Waals surface area contributed by atoms with Crippen molar-refractivity contribution in [3.05, 3.63) is 22.7 Å². The lowest BCUT2D eigenvalue weighted by molar-refractivity contribution is -0.317. The minimum Gasteiger partial charge on any atom is -0.394 e. The fourth-order valence-corrected chi connectivity index (χ4v) is 4.47. The smallest absolute Gasteiger partial charge is 0.351 e. The first-order valence-corrected chi connectivity index (χ1v) is 11.7. The van der Waals surface area contributed by atoms with E-state index in [2.05, 4.69) is 15.6 Å². The Hall–Kier alpha value is -2.74. The molecule has 1 aromatic heterocycles. The van der Waals surface area contributed by atoms with Crippen LogP contribution in [0.1, 0.15) is 20.1 Å². The molecule has 11 atom stereocenters. The average molecular weight is 548 g/mol. The molecule has 1 unspecified atom stereocenters. The third-order valence-corrected chi connectivity index (χ3v) is 6.27. The number of nitrogens with one attached hydrogen (secondary N) is 2. The van der Waals surface area contributed by atoms with Crippen LogP contribution in [-0.4, -0.2) is 126 Å². The fourth-order valence-electron chi connectivity index (χ4n) is 4.47. The van der Waals surface area contributed by atoms with E-state index in [9.17, 15) is 45.0 Å². The molecule has 0 spiro atoms. The molecule has 214 valence electrons. The second-order valence-electron chi connectivity index (χ2n) is 9.03. The summed E-state index contributed by atoms with van der Waals surface area (Å²) in [5.41, 5.74) is 4.58. The molecule has 2 amide bonds. The zero-order valence-corrected chi connectivity index (χ0v) is 20.5. The number of aliphatic hydroxyl groups excluding tert-OH is 6. The van der Waals surface area contributed by atoms with Gasteiger partial charge in [-0.1, -0.05) is 0 Å². The van der Waals surface area contributed by atoms with E-state index in [1.54, 1.807) is 0 Å². The van der Waals surface area contributed by atoms with Crippen LogP contribution in [0.3, 0.4) is 0 Å². The van der Waals surface area contributed by atoms with E-state index in [4.69, 9.17) is 19.9 Å². The van der Waals surface area contributed by atoms with Gasteiger partial charge in [0, 0.05) is 20.0 Å². The average Bonchev–Trinajstić information content (AvgIpc) is 2.85. The van der Waals surface area contributed by atoms with Gasteiger partial charge >= 0.3 is 5.69 Å². The largest absolute Gasteiger partial charge is 0.394 e. The number of nitrogens with two attached hydrogens (primary N) is 1. The number of rotatable bonds is 8. The first-order valence-electron chi connectivity index (χ1n) is 11.7. The van der Waals surface area contributed by atoms with Gasteiger partial charge in [0.25, 0.3) is 0 Å². The highest BCUT2D eigenvalue weighted by Gasteiger charge is 2.51. The lowest BCUT2D eigenvalue weighted by Crippen LogP contribution is -2.68. The molecule has 0 saturated carbocycles. The Balaban J connectivity index is 1.94. The molecule has 0 aliphatic carbocycles. The molecule has 0 bridgehead atoms. The third-order valence-electron chi connectivity index (χ3n) is 6.27. The molecule has 10 N–H and O–H groups in total. The van der Waals surface area contributed by atoms with Gasteiger partial charge in [-0.3, -0.25) is 14.2 Å². The molecular formula is C21H33N5O12. The van der Waals surface area contributed by atoms with Gasteiger partial charge in [0.15, 0.2) is 12.5 Å². The Morgan fingerprint density at radius 3 is 2.24 bits per heavy atom. The van der Waals surface area contributed by atoms with Gasteiger partial charge in [-0.2, -0.15) is 4.98 Å². The molecule has 2 aliphatic rings. The second-order valence-corrected chi connectivity index (χ2v) is 9.03. The van der Waals surface area contributed by atoms with Crippen molar-refractivity contribution in [2.45, 2.75) is 81.2 Å². The molecular weight excluding hydrogens is 514 g/mol. The Morgan fingerprint density at radius 1 is 1.05 bits per heavy atom. The number of carbonyl (C=O) groups excluding carboxylic acids is 2. The van der Waals surface area contributed by atoms with Crippen LogP contribution in [0.25, 0.3) is 0 Å². The predicted octanol–water partition coefficient (Wildman–Crippen LogP) is -5.73. The number of hydrogen-bond acceptors (Lipinski definition) is 14. The Labute approximate surface area is 215 Å². The Bertz CT molecular complexity index is 1040. The maximum absolute atomic E-state index is 12.4. The summed E-state index contributed by atoms with van der Waals surface area (Å²) in [5.74, 6) is -1.36. The molecule has 3 heterocycles. The summed E-state index contributed by atoms with van der Waals surface area (Å²) in [4.78, 5) is 39.4. The fraction of sp³-hybridized carbons (Fsp3) is 0.714. The van der Waals surface area contributed by atoms with Crippen molar-refractivity contribution in [2.24, 2.45) is 0 Å². The minimum atomic E-state index is -1.76. The van der Waals surface area contributed by atoms with Crippen LogP contribution in [0.2, 0.25) is 0 Å². The summed E-state index contributed by atoms with van der Waals surface area (Å²) >= 11 is 0. The minimum absolute atomic E-state index is 0.112. The second kappa shape index (κ2) is 12.4. The predicted molar refractivity (Wildman–Crippen MR) is 124 cm³/mol. The van der Waals surface area contributed by atoms with E-state index in [0.717, 1.165) is 24.6 Å². The van der Waals surface area contributed by atoms with Crippen molar-refractivity contribution in [1.82, 2.24) is 20.2 Å². The van der Waals surface area contributed by atoms with Crippen molar-refractivity contribution in [1.29, 1.82) is 0 Å². The molecule has 17 heteroatoms. The van der Waals surface area contributed by atoms with Crippen LogP contribution in [0.5, 0.6) is 0 Å². The lowest BCUT2D eigenvalue weighted by Gasteiger charge is -2.47. The van der Waals surface area contributed by atoms with Crippen LogP contribution < -0.4 is 22.1 Å². The van der Waals surface area contributed by atoms with Crippen molar-refractivity contribution >= 4 is 17.6 Å². The highest BCUT2D eigenvalue weighted by atomic mass is 16.7. The van der Waals surface area contributed by atoms with Gasteiger partial charge in [0.05, 0.1) is 25.3 Å². The quantitative estimate of drug-likeness (QED) is 0.147. The van der Waals surface area contributed by atoms with Crippen LogP contribution >= 0.6 is 0 Å². The zero-order chi connectivity index (χ0) is 28.3. The van der Waals surface area contributed by atoms with Crippen molar-refractivity contribution < 1.29 is 54.4 Å². The van der Waals surface area contributed by atoms with E-state index < -0.39 is 98.0 Å². The maximum atomic E-state index is 12.4. The van der Waals surface area contributed by atoms with Gasteiger partial charge in [-0.15, -0.1) is 0 Å². The van der Waals surface area contributed by atoms with Crippen molar-refractivity contribution in [3.8, 4) is 0 Å². The SMILES string of the molecule is CC(=O)N[C@@H]1[C@@H](O)[C@H](OC(CO)[C@H]2O[C@@H](n3ccc(N)nc3=O)[C@H](O)[C@@H](O)[C@@H]2NC(C)=O)O[C@H](CO)[C@H]1O. The van der Waals surface area contributed by atoms with Gasteiger partial charge < -0.3 is 61.2 Å². The summed E-state index contributed by atoms with van der Waals surface area (Å²) in [5, 5.41) is 67.2. The summed E-state index contributed by atoms with van der Waals surface area (Å²) in [6.45, 7) is 0.700. The van der Waals surface area contributed by atoms with E-state index >= 15 is 0 Å². The number of anilines is 1. The lowest BCUT2D eigenvalue weighted by atomic mass is 9.91. The molecule has 2 saturated heterocycles. The molecule has 3 rings (SSSR count). The van der Waals surface area contributed by atoms with Gasteiger partial charge in [-0.05, 0) is 6.07 Å². The zero-order valence-electron chi connectivity index (χ0n) is 20.5. The monoisotopic (exact) mass is 547 g/mol. The van der Waals surface area contributed by atoms with Crippen LogP contribution in [0, 0.1) is 0 Å². The Morgan fingerprint density at radius 2 is 1.68 bits per heavy atom. The Kier molecular flexibility index (Phi) is 9.74. The number of aliphatic hydroxyl groups is 6. The standard InChI is InChI=1S/C21H33N5O12/c1-7(29)23-12-14(31)9(5-27)36-20(16(12)33)37-10(6-28)18-13(24-8(2)30)15(32)17(34)19(38-18)26-4-3-11(22)25-21(26)35/h3-4,9-10,12-20,27-28,31-34H,5-6H2,1-2H3,(H,23,29)(H,24,30)(H2,22,25,35)/t9-,10?,12+,13+,14-,15+,16-,17-,18-,19-,20+/m1/s1. The molecule has 2 aliphatic heterocycles. The highest BCUT2D eigenvalue weighted by molar-refractivity contribution is 5.73. The molecule has 2 fully saturated rings. The van der Waals surface area contributed by atoms with E-state index in [-0.39, 0.29) is 5.82 Å². The summed E-state index contributed by atoms with van der Waals surface area (Å²) < 4.78 is 17.9. The summed E-state index contributed by atoms with van der Waals surface area (Å²) in [6.07, 6.45) is -13.1. The number of nitrogen functional groups attached to an aromatic ring is 1. The summed E-state index contributed by atoms with van der Waals surface area (Å²) in [7, 11) is 0. The van der Waals surface area contributed by atoms with Crippen LogP contribution in [0.15, 0.2) is 17.1 Å². The highest BCUT2D eigenvalue weighted by Crippen LogP contribution is 2.32. The van der Waals surface area contributed by atoms with Crippen molar-refractivity contribution in [2.75, 3.05) is 18.9 Å². The first kappa shape index (κ1) is 29.8.